The van der Waals surface area contributed by atoms with Gasteiger partial charge in [0.05, 0.1) is 12.5 Å². The molecule has 1 rings (SSSR count). The van der Waals surface area contributed by atoms with Crippen LogP contribution in [0.15, 0.2) is 22.7 Å². The molecule has 0 heterocycles. The maximum atomic E-state index is 13.4. The molecule has 1 aromatic rings. The molecule has 100 valence electrons. The summed E-state index contributed by atoms with van der Waals surface area (Å²) in [5.41, 5.74) is 5.84. The molecule has 0 aromatic heterocycles. The zero-order valence-corrected chi connectivity index (χ0v) is 11.7. The normalized spacial score (nSPS) is 12.2. The summed E-state index contributed by atoms with van der Waals surface area (Å²) in [6.07, 6.45) is -0.139. The van der Waals surface area contributed by atoms with Gasteiger partial charge in [0.25, 0.3) is 0 Å². The summed E-state index contributed by atoms with van der Waals surface area (Å²) in [7, 11) is 1.50. The van der Waals surface area contributed by atoms with Gasteiger partial charge in [-0.1, -0.05) is 15.9 Å². The Morgan fingerprint density at radius 2 is 2.33 bits per heavy atom. The summed E-state index contributed by atoms with van der Waals surface area (Å²) in [4.78, 5) is 11.6. The molecule has 18 heavy (non-hydrogen) atoms. The molecule has 0 aliphatic rings. The fourth-order valence-corrected chi connectivity index (χ4v) is 1.82. The lowest BCUT2D eigenvalue weighted by Crippen LogP contribution is -2.32. The minimum absolute atomic E-state index is 0.144. The second-order valence-electron chi connectivity index (χ2n) is 3.81. The number of halogens is 2. The lowest BCUT2D eigenvalue weighted by molar-refractivity contribution is -0.123. The van der Waals surface area contributed by atoms with E-state index in [9.17, 15) is 9.18 Å². The van der Waals surface area contributed by atoms with Crippen LogP contribution in [-0.2, 0) is 16.1 Å². The number of nitrogens with one attached hydrogen (secondary N) is 1. The van der Waals surface area contributed by atoms with Crippen LogP contribution >= 0.6 is 15.9 Å². The molecule has 0 fully saturated rings. The lowest BCUT2D eigenvalue weighted by Gasteiger charge is -2.12. The fourth-order valence-electron chi connectivity index (χ4n) is 1.41. The zero-order valence-electron chi connectivity index (χ0n) is 10.1. The van der Waals surface area contributed by atoms with Crippen molar-refractivity contribution < 1.29 is 13.9 Å². The van der Waals surface area contributed by atoms with Gasteiger partial charge in [-0.15, -0.1) is 0 Å². The molecule has 0 bridgehead atoms. The maximum Gasteiger partial charge on any atom is 0.222 e. The number of nitrogens with two attached hydrogens (primary N) is 1. The molecule has 0 aliphatic carbocycles. The van der Waals surface area contributed by atoms with Crippen LogP contribution in [0.5, 0.6) is 0 Å². The molecule has 1 atom stereocenters. The number of rotatable bonds is 6. The molecule has 4 nitrogen and oxygen atoms in total. The highest BCUT2D eigenvalue weighted by atomic mass is 79.9. The number of ether oxygens (including phenoxy) is 1. The Morgan fingerprint density at radius 3 is 2.94 bits per heavy atom. The van der Waals surface area contributed by atoms with Gasteiger partial charge in [-0.2, -0.15) is 0 Å². The summed E-state index contributed by atoms with van der Waals surface area (Å²) in [5.74, 6) is -0.563. The van der Waals surface area contributed by atoms with Crippen molar-refractivity contribution in [1.82, 2.24) is 5.32 Å². The van der Waals surface area contributed by atoms with Crippen molar-refractivity contribution in [2.75, 3.05) is 13.7 Å². The average molecular weight is 319 g/mol. The van der Waals surface area contributed by atoms with E-state index in [1.165, 1.54) is 13.2 Å². The van der Waals surface area contributed by atoms with Crippen LogP contribution in [0, 0.1) is 5.82 Å². The van der Waals surface area contributed by atoms with Gasteiger partial charge < -0.3 is 15.8 Å². The molecule has 0 aliphatic heterocycles. The first-order valence-electron chi connectivity index (χ1n) is 5.50. The number of hydrogen-bond acceptors (Lipinski definition) is 3. The Hall–Kier alpha value is -0.980. The van der Waals surface area contributed by atoms with Crippen molar-refractivity contribution in [3.63, 3.8) is 0 Å². The van der Waals surface area contributed by atoms with Crippen molar-refractivity contribution in [3.05, 3.63) is 34.1 Å². The van der Waals surface area contributed by atoms with Gasteiger partial charge in [0.15, 0.2) is 0 Å². The maximum absolute atomic E-state index is 13.4. The van der Waals surface area contributed by atoms with Gasteiger partial charge in [-0.25, -0.2) is 4.39 Å². The van der Waals surface area contributed by atoms with E-state index < -0.39 is 0 Å². The zero-order chi connectivity index (χ0) is 13.5. The van der Waals surface area contributed by atoms with E-state index in [0.717, 1.165) is 4.47 Å². The van der Waals surface area contributed by atoms with Gasteiger partial charge in [0.2, 0.25) is 5.91 Å². The van der Waals surface area contributed by atoms with Crippen LogP contribution in [-0.4, -0.2) is 25.7 Å². The van der Waals surface area contributed by atoms with Crippen molar-refractivity contribution in [2.24, 2.45) is 5.73 Å². The van der Waals surface area contributed by atoms with E-state index in [4.69, 9.17) is 10.5 Å². The summed E-state index contributed by atoms with van der Waals surface area (Å²) < 4.78 is 19.2. The second-order valence-corrected chi connectivity index (χ2v) is 4.73. The molecule has 0 saturated heterocycles. The van der Waals surface area contributed by atoms with E-state index in [1.807, 2.05) is 0 Å². The van der Waals surface area contributed by atoms with Crippen LogP contribution in [0.2, 0.25) is 0 Å². The second kappa shape index (κ2) is 7.45. The fraction of sp³-hybridized carbons (Fsp3) is 0.417. The highest BCUT2D eigenvalue weighted by Gasteiger charge is 2.11. The first-order valence-corrected chi connectivity index (χ1v) is 6.29. The molecule has 3 N–H and O–H groups in total. The number of carbonyl (C=O) groups is 1. The predicted molar refractivity (Wildman–Crippen MR) is 70.4 cm³/mol. The summed E-state index contributed by atoms with van der Waals surface area (Å²) in [5, 5.41) is 2.63. The number of methoxy groups -OCH3 is 1. The molecule has 1 amide bonds. The molecule has 0 spiro atoms. The van der Waals surface area contributed by atoms with Crippen molar-refractivity contribution in [2.45, 2.75) is 19.1 Å². The molecular weight excluding hydrogens is 303 g/mol. The van der Waals surface area contributed by atoms with Crippen molar-refractivity contribution in [1.29, 1.82) is 0 Å². The predicted octanol–water partition coefficient (Wildman–Crippen LogP) is 1.57. The number of hydrogen-bond donors (Lipinski definition) is 2. The summed E-state index contributed by atoms with van der Waals surface area (Å²) in [6.45, 7) is 0.417. The van der Waals surface area contributed by atoms with E-state index in [-0.39, 0.29) is 37.3 Å². The number of carbonyl (C=O) groups excluding carboxylic acids is 1. The van der Waals surface area contributed by atoms with Crippen molar-refractivity contribution in [3.8, 4) is 0 Å². The first kappa shape index (κ1) is 15.1. The molecular formula is C12H16BrFN2O2. The Kier molecular flexibility index (Phi) is 6.24. The molecule has 1 unspecified atom stereocenters. The summed E-state index contributed by atoms with van der Waals surface area (Å²) in [6, 6.07) is 4.59. The van der Waals surface area contributed by atoms with Gasteiger partial charge >= 0.3 is 0 Å². The van der Waals surface area contributed by atoms with Crippen LogP contribution < -0.4 is 11.1 Å². The van der Waals surface area contributed by atoms with Crippen molar-refractivity contribution >= 4 is 21.8 Å². The van der Waals surface area contributed by atoms with Crippen LogP contribution in [0.1, 0.15) is 12.0 Å². The Bertz CT molecular complexity index is 411. The van der Waals surface area contributed by atoms with Gasteiger partial charge in [0.1, 0.15) is 5.82 Å². The van der Waals surface area contributed by atoms with E-state index in [0.29, 0.717) is 5.56 Å². The largest absolute Gasteiger partial charge is 0.380 e. The highest BCUT2D eigenvalue weighted by molar-refractivity contribution is 9.10. The van der Waals surface area contributed by atoms with Crippen LogP contribution in [0.3, 0.4) is 0 Å². The minimum atomic E-state index is -0.347. The van der Waals surface area contributed by atoms with Gasteiger partial charge in [0, 0.05) is 30.2 Å². The standard InChI is InChI=1S/C12H16BrFN2O2/c1-18-10(6-15)5-12(17)16-7-8-4-9(13)2-3-11(8)14/h2-4,10H,5-7,15H2,1H3,(H,16,17). The molecule has 6 heteroatoms. The van der Waals surface area contributed by atoms with Crippen LogP contribution in [0.4, 0.5) is 4.39 Å². The molecule has 0 saturated carbocycles. The number of benzene rings is 1. The first-order chi connectivity index (χ1) is 8.56. The Labute approximate surface area is 114 Å². The Balaban J connectivity index is 2.49. The van der Waals surface area contributed by atoms with E-state index in [2.05, 4.69) is 21.2 Å². The Morgan fingerprint density at radius 1 is 1.61 bits per heavy atom. The quantitative estimate of drug-likeness (QED) is 0.836. The smallest absolute Gasteiger partial charge is 0.222 e. The van der Waals surface area contributed by atoms with Gasteiger partial charge in [-0.3, -0.25) is 4.79 Å². The molecule has 0 radical (unpaired) electrons. The lowest BCUT2D eigenvalue weighted by atomic mass is 10.2. The minimum Gasteiger partial charge on any atom is -0.380 e. The van der Waals surface area contributed by atoms with E-state index >= 15 is 0 Å². The van der Waals surface area contributed by atoms with Crippen LogP contribution in [0.25, 0.3) is 0 Å². The number of amides is 1. The molecule has 1 aromatic carbocycles. The summed E-state index contributed by atoms with van der Waals surface area (Å²) >= 11 is 3.25. The topological polar surface area (TPSA) is 64.3 Å². The monoisotopic (exact) mass is 318 g/mol. The SMILES string of the molecule is COC(CN)CC(=O)NCc1cc(Br)ccc1F. The third kappa shape index (κ3) is 4.72. The average Bonchev–Trinajstić information content (AvgIpc) is 2.37. The van der Waals surface area contributed by atoms with Gasteiger partial charge in [-0.05, 0) is 18.2 Å². The van der Waals surface area contributed by atoms with E-state index in [1.54, 1.807) is 12.1 Å². The third-order valence-corrected chi connectivity index (χ3v) is 2.99. The highest BCUT2D eigenvalue weighted by Crippen LogP contribution is 2.15. The third-order valence-electron chi connectivity index (χ3n) is 2.49.